The zero-order valence-electron chi connectivity index (χ0n) is 14.2. The molecule has 0 aliphatic carbocycles. The van der Waals surface area contributed by atoms with E-state index in [4.69, 9.17) is 16.3 Å². The number of hydrogen-bond acceptors (Lipinski definition) is 5. The Morgan fingerprint density at radius 2 is 2.00 bits per heavy atom. The van der Waals surface area contributed by atoms with Crippen molar-refractivity contribution in [2.45, 2.75) is 26.3 Å². The molecule has 1 amide bonds. The first-order chi connectivity index (χ1) is 11.7. The van der Waals surface area contributed by atoms with Crippen molar-refractivity contribution in [3.8, 4) is 16.9 Å². The predicted molar refractivity (Wildman–Crippen MR) is 94.5 cm³/mol. The Morgan fingerprint density at radius 3 is 2.60 bits per heavy atom. The van der Waals surface area contributed by atoms with Crippen molar-refractivity contribution in [2.75, 3.05) is 6.61 Å². The highest BCUT2D eigenvalue weighted by Crippen LogP contribution is 2.26. The monoisotopic (exact) mass is 362 g/mol. The average Bonchev–Trinajstić information content (AvgIpc) is 2.54. The largest absolute Gasteiger partial charge is 0.505 e. The Kier molecular flexibility index (Phi) is 5.64. The third-order valence-corrected chi connectivity index (χ3v) is 3.69. The minimum Gasteiger partial charge on any atom is -0.505 e. The number of rotatable bonds is 5. The molecular formula is C18H19ClN2O4. The zero-order chi connectivity index (χ0) is 18.6. The fourth-order valence-electron chi connectivity index (χ4n) is 2.16. The quantitative estimate of drug-likeness (QED) is 0.797. The highest BCUT2D eigenvalue weighted by atomic mass is 35.5. The number of benzene rings is 1. The van der Waals surface area contributed by atoms with Gasteiger partial charge in [0.15, 0.2) is 5.69 Å². The summed E-state index contributed by atoms with van der Waals surface area (Å²) in [5.41, 5.74) is -0.0502. The Morgan fingerprint density at radius 1 is 1.28 bits per heavy atom. The van der Waals surface area contributed by atoms with Gasteiger partial charge in [0.05, 0.1) is 6.61 Å². The molecule has 0 aliphatic rings. The Balaban J connectivity index is 2.23. The first kappa shape index (κ1) is 18.7. The molecule has 0 atom stereocenters. The molecular weight excluding hydrogens is 344 g/mol. The van der Waals surface area contributed by atoms with Crippen LogP contribution in [-0.2, 0) is 9.53 Å². The summed E-state index contributed by atoms with van der Waals surface area (Å²) in [7, 11) is 0. The molecule has 0 saturated carbocycles. The van der Waals surface area contributed by atoms with Crippen LogP contribution in [0.2, 0.25) is 5.02 Å². The van der Waals surface area contributed by atoms with Crippen LogP contribution in [0.25, 0.3) is 11.1 Å². The van der Waals surface area contributed by atoms with Gasteiger partial charge in [0.1, 0.15) is 11.3 Å². The van der Waals surface area contributed by atoms with Crippen LogP contribution in [0.4, 0.5) is 0 Å². The summed E-state index contributed by atoms with van der Waals surface area (Å²) in [6.07, 6.45) is 1.46. The van der Waals surface area contributed by atoms with Crippen molar-refractivity contribution in [3.63, 3.8) is 0 Å². The molecule has 6 nitrogen and oxygen atoms in total. The number of carbonyl (C=O) groups excluding carboxylic acids is 2. The van der Waals surface area contributed by atoms with E-state index in [-0.39, 0.29) is 18.1 Å². The van der Waals surface area contributed by atoms with E-state index in [1.807, 2.05) is 6.07 Å². The molecule has 1 aromatic heterocycles. The first-order valence-corrected chi connectivity index (χ1v) is 8.07. The SMILES string of the molecule is CCOC(=O)C(C)(C)NC(=O)c1ncc(-c2cccc(Cl)c2)cc1O. The number of nitrogens with one attached hydrogen (secondary N) is 1. The van der Waals surface area contributed by atoms with Crippen LogP contribution in [0.5, 0.6) is 5.75 Å². The molecule has 0 radical (unpaired) electrons. The van der Waals surface area contributed by atoms with Crippen LogP contribution in [0.3, 0.4) is 0 Å². The molecule has 1 aromatic carbocycles. The maximum Gasteiger partial charge on any atom is 0.331 e. The number of amides is 1. The van der Waals surface area contributed by atoms with E-state index in [2.05, 4.69) is 10.3 Å². The molecule has 2 aromatic rings. The summed E-state index contributed by atoms with van der Waals surface area (Å²) >= 11 is 5.95. The van der Waals surface area contributed by atoms with Gasteiger partial charge in [0.2, 0.25) is 0 Å². The highest BCUT2D eigenvalue weighted by molar-refractivity contribution is 6.30. The molecule has 2 rings (SSSR count). The number of aromatic nitrogens is 1. The Labute approximate surface area is 150 Å². The van der Waals surface area contributed by atoms with Gasteiger partial charge in [0.25, 0.3) is 5.91 Å². The second-order valence-corrected chi connectivity index (χ2v) is 6.34. The van der Waals surface area contributed by atoms with Gasteiger partial charge in [-0.3, -0.25) is 4.79 Å². The molecule has 132 valence electrons. The van der Waals surface area contributed by atoms with Crippen molar-refractivity contribution in [1.29, 1.82) is 0 Å². The number of halogens is 1. The molecule has 0 bridgehead atoms. The maximum atomic E-state index is 12.3. The van der Waals surface area contributed by atoms with Crippen LogP contribution in [0.1, 0.15) is 31.3 Å². The number of ether oxygens (including phenoxy) is 1. The van der Waals surface area contributed by atoms with Gasteiger partial charge < -0.3 is 15.2 Å². The fraction of sp³-hybridized carbons (Fsp3) is 0.278. The third-order valence-electron chi connectivity index (χ3n) is 3.45. The van der Waals surface area contributed by atoms with Crippen molar-refractivity contribution in [2.24, 2.45) is 0 Å². The van der Waals surface area contributed by atoms with Gasteiger partial charge in [-0.25, -0.2) is 9.78 Å². The average molecular weight is 363 g/mol. The van der Waals surface area contributed by atoms with Crippen LogP contribution in [-0.4, -0.2) is 34.1 Å². The van der Waals surface area contributed by atoms with Gasteiger partial charge in [0, 0.05) is 16.8 Å². The lowest BCUT2D eigenvalue weighted by Gasteiger charge is -2.23. The van der Waals surface area contributed by atoms with E-state index in [1.165, 1.54) is 26.1 Å². The van der Waals surface area contributed by atoms with Gasteiger partial charge in [-0.15, -0.1) is 0 Å². The molecule has 0 aliphatic heterocycles. The summed E-state index contributed by atoms with van der Waals surface area (Å²) in [5.74, 6) is -1.54. The van der Waals surface area contributed by atoms with Gasteiger partial charge in [-0.05, 0) is 44.5 Å². The first-order valence-electron chi connectivity index (χ1n) is 7.69. The van der Waals surface area contributed by atoms with Crippen molar-refractivity contribution in [1.82, 2.24) is 10.3 Å². The molecule has 2 N–H and O–H groups in total. The Hall–Kier alpha value is -2.60. The molecule has 1 heterocycles. The lowest BCUT2D eigenvalue weighted by atomic mass is 10.0. The zero-order valence-corrected chi connectivity index (χ0v) is 14.9. The van der Waals surface area contributed by atoms with Gasteiger partial charge >= 0.3 is 5.97 Å². The van der Waals surface area contributed by atoms with Crippen LogP contribution < -0.4 is 5.32 Å². The van der Waals surface area contributed by atoms with Gasteiger partial charge in [-0.1, -0.05) is 23.7 Å². The molecule has 7 heteroatoms. The number of pyridine rings is 1. The second-order valence-electron chi connectivity index (χ2n) is 5.90. The van der Waals surface area contributed by atoms with E-state index >= 15 is 0 Å². The van der Waals surface area contributed by atoms with Crippen LogP contribution >= 0.6 is 11.6 Å². The molecule has 0 unspecified atom stereocenters. The van der Waals surface area contributed by atoms with E-state index in [9.17, 15) is 14.7 Å². The fourth-order valence-corrected chi connectivity index (χ4v) is 2.35. The summed E-state index contributed by atoms with van der Waals surface area (Å²) < 4.78 is 4.91. The van der Waals surface area contributed by atoms with E-state index in [0.717, 1.165) is 5.56 Å². The maximum absolute atomic E-state index is 12.3. The van der Waals surface area contributed by atoms with Crippen molar-refractivity contribution in [3.05, 3.63) is 47.2 Å². The molecule has 0 saturated heterocycles. The lowest BCUT2D eigenvalue weighted by molar-refractivity contribution is -0.149. The number of carbonyl (C=O) groups is 2. The minimum absolute atomic E-state index is 0.178. The normalized spacial score (nSPS) is 11.0. The Bertz CT molecular complexity index is 805. The number of hydrogen-bond donors (Lipinski definition) is 2. The standard InChI is InChI=1S/C18H19ClN2O4/c1-4-25-17(24)18(2,3)21-16(23)15-14(22)9-12(10-20-15)11-6-5-7-13(19)8-11/h5-10,22H,4H2,1-3H3,(H,21,23). The highest BCUT2D eigenvalue weighted by Gasteiger charge is 2.32. The van der Waals surface area contributed by atoms with Crippen LogP contribution in [0, 0.1) is 0 Å². The summed E-state index contributed by atoms with van der Waals surface area (Å²) in [5, 5.41) is 13.2. The van der Waals surface area contributed by atoms with Crippen LogP contribution in [0.15, 0.2) is 36.5 Å². The molecule has 0 fully saturated rings. The molecule has 0 spiro atoms. The van der Waals surface area contributed by atoms with Crippen molar-refractivity contribution < 1.29 is 19.4 Å². The smallest absolute Gasteiger partial charge is 0.331 e. The topological polar surface area (TPSA) is 88.5 Å². The lowest BCUT2D eigenvalue weighted by Crippen LogP contribution is -2.50. The molecule has 25 heavy (non-hydrogen) atoms. The van der Waals surface area contributed by atoms with E-state index in [1.54, 1.807) is 25.1 Å². The van der Waals surface area contributed by atoms with Gasteiger partial charge in [-0.2, -0.15) is 0 Å². The second kappa shape index (κ2) is 7.53. The summed E-state index contributed by atoms with van der Waals surface area (Å²) in [4.78, 5) is 28.2. The van der Waals surface area contributed by atoms with E-state index < -0.39 is 17.4 Å². The van der Waals surface area contributed by atoms with E-state index in [0.29, 0.717) is 10.6 Å². The minimum atomic E-state index is -1.24. The number of esters is 1. The van der Waals surface area contributed by atoms with Crippen molar-refractivity contribution >= 4 is 23.5 Å². The third kappa shape index (κ3) is 4.48. The number of nitrogens with zero attached hydrogens (tertiary/aromatic N) is 1. The predicted octanol–water partition coefficient (Wildman–Crippen LogP) is 3.18. The number of aromatic hydroxyl groups is 1. The summed E-state index contributed by atoms with van der Waals surface area (Å²) in [6, 6.07) is 8.47. The summed E-state index contributed by atoms with van der Waals surface area (Å²) in [6.45, 7) is 4.91.